The number of hydrogen-bond donors (Lipinski definition) is 2. The van der Waals surface area contributed by atoms with Crippen molar-refractivity contribution in [3.8, 4) is 0 Å². The van der Waals surface area contributed by atoms with Crippen LogP contribution in [-0.4, -0.2) is 21.0 Å². The molecular formula is C15H16N4O2. The minimum absolute atomic E-state index is 0.115. The number of carbonyl (C=O) groups is 1. The van der Waals surface area contributed by atoms with Gasteiger partial charge in [0.25, 0.3) is 0 Å². The Balaban J connectivity index is 1.69. The first kappa shape index (κ1) is 13.4. The summed E-state index contributed by atoms with van der Waals surface area (Å²) in [6, 6.07) is 7.32. The lowest BCUT2D eigenvalue weighted by Gasteiger charge is -2.10. The van der Waals surface area contributed by atoms with E-state index in [1.807, 2.05) is 38.1 Å². The summed E-state index contributed by atoms with van der Waals surface area (Å²) >= 11 is 0. The van der Waals surface area contributed by atoms with Crippen molar-refractivity contribution in [2.45, 2.75) is 26.3 Å². The number of hydrogen-bond acceptors (Lipinski definition) is 4. The van der Waals surface area contributed by atoms with E-state index < -0.39 is 0 Å². The molecule has 3 aromatic rings. The number of aromatic amines is 1. The minimum atomic E-state index is -0.177. The minimum Gasteiger partial charge on any atom is -0.356 e. The topological polar surface area (TPSA) is 83.8 Å². The van der Waals surface area contributed by atoms with E-state index in [1.54, 1.807) is 6.20 Å². The van der Waals surface area contributed by atoms with Crippen LogP contribution in [0.15, 0.2) is 35.0 Å². The van der Waals surface area contributed by atoms with Crippen molar-refractivity contribution >= 4 is 16.9 Å². The maximum atomic E-state index is 12.1. The van der Waals surface area contributed by atoms with Gasteiger partial charge in [-0.15, -0.1) is 0 Å². The first-order valence-electron chi connectivity index (χ1n) is 6.77. The van der Waals surface area contributed by atoms with Gasteiger partial charge in [-0.1, -0.05) is 17.3 Å². The second-order valence-corrected chi connectivity index (χ2v) is 5.04. The Morgan fingerprint density at radius 2 is 2.24 bits per heavy atom. The number of H-pyrrole nitrogens is 1. The van der Waals surface area contributed by atoms with E-state index in [9.17, 15) is 4.79 Å². The van der Waals surface area contributed by atoms with Gasteiger partial charge in [0.15, 0.2) is 5.58 Å². The number of amides is 1. The standard InChI is InChI=1S/C15H16N4O2/c1-9-8-16-15(17-9)10(2)18-14(20)7-12-11-5-3-4-6-13(11)21-19-12/h3-6,8,10H,7H2,1-2H3,(H,16,17)(H,18,20)/t10-/m0/s1. The molecule has 3 rings (SSSR count). The molecule has 0 aliphatic rings. The van der Waals surface area contributed by atoms with Crippen molar-refractivity contribution < 1.29 is 9.32 Å². The first-order chi connectivity index (χ1) is 10.1. The third-order valence-electron chi connectivity index (χ3n) is 3.29. The molecule has 2 aromatic heterocycles. The van der Waals surface area contributed by atoms with Crippen LogP contribution in [0.25, 0.3) is 11.0 Å². The van der Waals surface area contributed by atoms with Crippen molar-refractivity contribution in [1.82, 2.24) is 20.4 Å². The Bertz CT molecular complexity index is 775. The fourth-order valence-electron chi connectivity index (χ4n) is 2.23. The predicted molar refractivity (Wildman–Crippen MR) is 77.6 cm³/mol. The zero-order chi connectivity index (χ0) is 14.8. The summed E-state index contributed by atoms with van der Waals surface area (Å²) in [5.74, 6) is 0.626. The number of aromatic nitrogens is 3. The van der Waals surface area contributed by atoms with E-state index in [2.05, 4.69) is 20.4 Å². The van der Waals surface area contributed by atoms with E-state index in [4.69, 9.17) is 4.52 Å². The maximum absolute atomic E-state index is 12.1. The zero-order valence-electron chi connectivity index (χ0n) is 11.9. The van der Waals surface area contributed by atoms with Gasteiger partial charge in [-0.2, -0.15) is 0 Å². The fourth-order valence-corrected chi connectivity index (χ4v) is 2.23. The smallest absolute Gasteiger partial charge is 0.226 e. The molecule has 0 saturated heterocycles. The lowest BCUT2D eigenvalue weighted by Crippen LogP contribution is -2.28. The van der Waals surface area contributed by atoms with E-state index in [0.717, 1.165) is 16.9 Å². The van der Waals surface area contributed by atoms with Crippen molar-refractivity contribution in [3.63, 3.8) is 0 Å². The van der Waals surface area contributed by atoms with Crippen molar-refractivity contribution in [3.05, 3.63) is 47.7 Å². The summed E-state index contributed by atoms with van der Waals surface area (Å²) in [5.41, 5.74) is 2.30. The molecule has 1 amide bonds. The van der Waals surface area contributed by atoms with Crippen LogP contribution in [-0.2, 0) is 11.2 Å². The van der Waals surface area contributed by atoms with E-state index in [-0.39, 0.29) is 18.4 Å². The number of rotatable bonds is 4. The monoisotopic (exact) mass is 284 g/mol. The molecule has 1 atom stereocenters. The van der Waals surface area contributed by atoms with Gasteiger partial charge in [-0.05, 0) is 26.0 Å². The van der Waals surface area contributed by atoms with E-state index >= 15 is 0 Å². The number of fused-ring (bicyclic) bond motifs is 1. The van der Waals surface area contributed by atoms with Crippen LogP contribution in [0.5, 0.6) is 0 Å². The molecule has 0 unspecified atom stereocenters. The molecule has 6 heteroatoms. The van der Waals surface area contributed by atoms with Gasteiger partial charge >= 0.3 is 0 Å². The molecule has 0 spiro atoms. The summed E-state index contributed by atoms with van der Waals surface area (Å²) in [6.07, 6.45) is 1.92. The van der Waals surface area contributed by atoms with Crippen LogP contribution in [0.2, 0.25) is 0 Å². The SMILES string of the molecule is Cc1cnc([C@H](C)NC(=O)Cc2noc3ccccc23)[nH]1. The lowest BCUT2D eigenvalue weighted by molar-refractivity contribution is -0.121. The Labute approximate surface area is 121 Å². The van der Waals surface area contributed by atoms with Gasteiger partial charge in [0.05, 0.1) is 12.5 Å². The maximum Gasteiger partial charge on any atom is 0.226 e. The number of nitrogens with one attached hydrogen (secondary N) is 2. The largest absolute Gasteiger partial charge is 0.356 e. The zero-order valence-corrected chi connectivity index (χ0v) is 11.9. The summed E-state index contributed by atoms with van der Waals surface area (Å²) in [4.78, 5) is 19.4. The second-order valence-electron chi connectivity index (χ2n) is 5.04. The molecular weight excluding hydrogens is 268 g/mol. The van der Waals surface area contributed by atoms with Crippen LogP contribution >= 0.6 is 0 Å². The van der Waals surface area contributed by atoms with Gasteiger partial charge in [-0.25, -0.2) is 4.98 Å². The number of nitrogens with zero attached hydrogens (tertiary/aromatic N) is 2. The highest BCUT2D eigenvalue weighted by molar-refractivity contribution is 5.86. The number of benzene rings is 1. The Kier molecular flexibility index (Phi) is 3.43. The third kappa shape index (κ3) is 2.79. The normalized spacial score (nSPS) is 12.5. The molecule has 0 bridgehead atoms. The molecule has 6 nitrogen and oxygen atoms in total. The van der Waals surface area contributed by atoms with Crippen LogP contribution in [0.1, 0.15) is 30.2 Å². The molecule has 0 radical (unpaired) electrons. The Morgan fingerprint density at radius 1 is 1.43 bits per heavy atom. The highest BCUT2D eigenvalue weighted by Gasteiger charge is 2.15. The molecule has 0 fully saturated rings. The van der Waals surface area contributed by atoms with Crippen LogP contribution in [0.3, 0.4) is 0 Å². The van der Waals surface area contributed by atoms with Gasteiger partial charge in [0.1, 0.15) is 11.5 Å². The third-order valence-corrected chi connectivity index (χ3v) is 3.29. The van der Waals surface area contributed by atoms with Crippen molar-refractivity contribution in [1.29, 1.82) is 0 Å². The van der Waals surface area contributed by atoms with E-state index in [0.29, 0.717) is 11.3 Å². The highest BCUT2D eigenvalue weighted by atomic mass is 16.5. The lowest BCUT2D eigenvalue weighted by atomic mass is 10.1. The number of imidazole rings is 1. The molecule has 1 aromatic carbocycles. The van der Waals surface area contributed by atoms with Crippen LogP contribution in [0, 0.1) is 6.92 Å². The van der Waals surface area contributed by atoms with Gasteiger partial charge in [-0.3, -0.25) is 4.79 Å². The number of para-hydroxylation sites is 1. The first-order valence-corrected chi connectivity index (χ1v) is 6.77. The summed E-state index contributed by atoms with van der Waals surface area (Å²) < 4.78 is 5.19. The van der Waals surface area contributed by atoms with Crippen molar-refractivity contribution in [2.24, 2.45) is 0 Å². The summed E-state index contributed by atoms with van der Waals surface area (Å²) in [6.45, 7) is 3.81. The molecule has 0 saturated carbocycles. The van der Waals surface area contributed by atoms with Gasteiger partial charge < -0.3 is 14.8 Å². The average Bonchev–Trinajstić information content (AvgIpc) is 3.06. The Morgan fingerprint density at radius 3 is 3.00 bits per heavy atom. The van der Waals surface area contributed by atoms with Crippen LogP contribution < -0.4 is 5.32 Å². The van der Waals surface area contributed by atoms with E-state index in [1.165, 1.54) is 0 Å². The molecule has 2 heterocycles. The number of aryl methyl sites for hydroxylation is 1. The molecule has 2 N–H and O–H groups in total. The highest BCUT2D eigenvalue weighted by Crippen LogP contribution is 2.18. The molecule has 0 aliphatic carbocycles. The summed E-state index contributed by atoms with van der Waals surface area (Å²) in [5, 5.41) is 7.73. The molecule has 21 heavy (non-hydrogen) atoms. The predicted octanol–water partition coefficient (Wildman–Crippen LogP) is 2.28. The van der Waals surface area contributed by atoms with Gasteiger partial charge in [0.2, 0.25) is 5.91 Å². The summed E-state index contributed by atoms with van der Waals surface area (Å²) in [7, 11) is 0. The van der Waals surface area contributed by atoms with Crippen LogP contribution in [0.4, 0.5) is 0 Å². The molecule has 0 aliphatic heterocycles. The quantitative estimate of drug-likeness (QED) is 0.769. The Hall–Kier alpha value is -2.63. The molecule has 108 valence electrons. The van der Waals surface area contributed by atoms with Gasteiger partial charge in [0, 0.05) is 17.3 Å². The fraction of sp³-hybridized carbons (Fsp3) is 0.267. The average molecular weight is 284 g/mol. The number of carbonyl (C=O) groups excluding carboxylic acids is 1. The second kappa shape index (κ2) is 5.40. The van der Waals surface area contributed by atoms with Crippen molar-refractivity contribution in [2.75, 3.05) is 0 Å².